The van der Waals surface area contributed by atoms with Gasteiger partial charge in [-0.2, -0.15) is 0 Å². The maximum atomic E-state index is 2.58. The van der Waals surface area contributed by atoms with Crippen LogP contribution in [0.25, 0.3) is 0 Å². The lowest BCUT2D eigenvalue weighted by molar-refractivity contribution is -0.193. The zero-order valence-electron chi connectivity index (χ0n) is 60.7. The SMILES string of the molecule is C.C.C.C.CC(C)(C)C.CC(C)(C)C.CC1(C)C(C)(C)C2(C)C(C)(C)C(C)(C)C1(C)C2(C)C.CC1(C)C2CC3CC(C2)CC1C3.CC1(C)C=CCCC1.CC1(C)CCCC1(C)C.CC1(C)CCCC1(C)C.CC1(C)CCCCC1(C)C. The van der Waals surface area contributed by atoms with Gasteiger partial charge in [0.15, 0.2) is 0 Å². The van der Waals surface area contributed by atoms with Crippen LogP contribution in [-0.2, 0) is 0 Å². The zero-order valence-corrected chi connectivity index (χ0v) is 60.7. The second-order valence-electron chi connectivity index (χ2n) is 40.0. The van der Waals surface area contributed by atoms with Gasteiger partial charge in [-0.15, -0.1) is 0 Å². The van der Waals surface area contributed by atoms with Crippen molar-refractivity contribution < 1.29 is 0 Å². The van der Waals surface area contributed by atoms with E-state index in [1.54, 1.807) is 32.1 Å². The van der Waals surface area contributed by atoms with Crippen LogP contribution >= 0.6 is 0 Å². The smallest absolute Gasteiger partial charge is 0.0156 e. The van der Waals surface area contributed by atoms with Crippen LogP contribution in [0.4, 0.5) is 0 Å². The Morgan fingerprint density at radius 1 is 0.284 bits per heavy atom. The molecular weight excluding hydrogens is 973 g/mol. The number of rotatable bonds is 0. The van der Waals surface area contributed by atoms with E-state index in [1.807, 2.05) is 0 Å². The highest BCUT2D eigenvalue weighted by Crippen LogP contribution is 2.94. The van der Waals surface area contributed by atoms with Crippen molar-refractivity contribution in [1.82, 2.24) is 0 Å². The molecule has 0 spiro atoms. The maximum Gasteiger partial charge on any atom is -0.0156 e. The van der Waals surface area contributed by atoms with E-state index in [9.17, 15) is 0 Å². The normalized spacial score (nSPS) is 33.7. The number of hydrogen-bond acceptors (Lipinski definition) is 0. The first-order chi connectivity index (χ1) is 33.7. The van der Waals surface area contributed by atoms with Gasteiger partial charge in [0.25, 0.3) is 0 Å². The molecular formula is C81H166. The lowest BCUT2D eigenvalue weighted by Crippen LogP contribution is -2.61. The average Bonchev–Trinajstić information content (AvgIpc) is 3.66. The van der Waals surface area contributed by atoms with E-state index in [2.05, 4.69) is 261 Å². The molecule has 0 aliphatic heterocycles. The molecule has 10 rings (SSSR count). The molecule has 81 heavy (non-hydrogen) atoms. The molecule has 10 aliphatic rings. The predicted molar refractivity (Wildman–Crippen MR) is 379 cm³/mol. The van der Waals surface area contributed by atoms with E-state index >= 15 is 0 Å². The minimum absolute atomic E-state index is 0. The predicted octanol–water partition coefficient (Wildman–Crippen LogP) is 29.1. The van der Waals surface area contributed by atoms with Crippen molar-refractivity contribution in [2.75, 3.05) is 0 Å². The number of fused-ring (bicyclic) bond motifs is 2. The fourth-order valence-corrected chi connectivity index (χ4v) is 18.4. The average molecular weight is 1140 g/mol. The summed E-state index contributed by atoms with van der Waals surface area (Å²) >= 11 is 0. The number of allylic oxidation sites excluding steroid dienone is 2. The summed E-state index contributed by atoms with van der Waals surface area (Å²) in [4.78, 5) is 0. The lowest BCUT2D eigenvalue weighted by atomic mass is 9.37. The second kappa shape index (κ2) is 27.6. The van der Waals surface area contributed by atoms with E-state index in [0.717, 1.165) is 23.7 Å². The van der Waals surface area contributed by atoms with E-state index in [-0.39, 0.29) is 29.7 Å². The van der Waals surface area contributed by atoms with E-state index in [4.69, 9.17) is 0 Å². The van der Waals surface area contributed by atoms with Crippen LogP contribution < -0.4 is 0 Å². The third-order valence-electron chi connectivity index (χ3n) is 28.2. The summed E-state index contributed by atoms with van der Waals surface area (Å²) in [6, 6.07) is 0. The first-order valence-electron chi connectivity index (χ1n) is 33.4. The van der Waals surface area contributed by atoms with Gasteiger partial charge in [0.2, 0.25) is 0 Å². The number of hydrogen-bond donors (Lipinski definition) is 0. The van der Waals surface area contributed by atoms with Crippen LogP contribution in [0.1, 0.15) is 395 Å². The highest BCUT2D eigenvalue weighted by Gasteiger charge is 2.89. The second-order valence-corrected chi connectivity index (χ2v) is 40.0. The molecule has 0 saturated heterocycles. The quantitative estimate of drug-likeness (QED) is 0.212. The molecule has 10 aliphatic carbocycles. The van der Waals surface area contributed by atoms with Gasteiger partial charge in [-0.05, 0) is 206 Å². The molecule has 0 amide bonds. The molecule has 0 nitrogen and oxygen atoms in total. The molecule has 0 aromatic heterocycles. The monoisotopic (exact) mass is 1140 g/mol. The largest absolute Gasteiger partial charge is 0.0880 e. The van der Waals surface area contributed by atoms with E-state index in [0.29, 0.717) is 92.1 Å². The molecule has 0 atom stereocenters. The van der Waals surface area contributed by atoms with Crippen LogP contribution in [0.5, 0.6) is 0 Å². The third-order valence-corrected chi connectivity index (χ3v) is 28.2. The standard InChI is InChI=1S/C19H36.C12H20.C10H20.2C9H18.C8H14.2C5H12.4CH4/c1-13(2)14(3,4)19(12)16(7,8)15(5,6)18(13,11)17(19,9)10;1-12(2)10-4-8-3-9(6-10)7-11(12)5-8;1-9(2)7-5-6-8-10(9,3)4;2*1-8(2)6-5-7-9(8,3)4;1-8(2)6-4-3-5-7-8;2*1-5(2,3)4;;;;/h1-12H3;8-11H,3-7H2,1-2H3;5-8H2,1-4H3;2*5-7H2,1-4H3;4,6H,3,5,7H2,1-2H3;2*1-4H3;4*1H4. The van der Waals surface area contributed by atoms with Crippen molar-refractivity contribution in [1.29, 1.82) is 0 Å². The Bertz CT molecular complexity index is 1670. The molecule has 6 bridgehead atoms. The Kier molecular flexibility index (Phi) is 29.0. The van der Waals surface area contributed by atoms with Gasteiger partial charge in [0.1, 0.15) is 0 Å². The summed E-state index contributed by atoms with van der Waals surface area (Å²) in [7, 11) is 0. The van der Waals surface area contributed by atoms with Crippen molar-refractivity contribution in [3.63, 3.8) is 0 Å². The molecule has 0 N–H and O–H groups in total. The molecule has 0 heteroatoms. The van der Waals surface area contributed by atoms with Crippen LogP contribution in [-0.4, -0.2) is 0 Å². The summed E-state index contributed by atoms with van der Waals surface area (Å²) in [5.41, 5.74) is 8.02. The molecule has 0 aromatic rings. The van der Waals surface area contributed by atoms with Crippen LogP contribution in [0, 0.1) is 116 Å². The van der Waals surface area contributed by atoms with Gasteiger partial charge in [-0.3, -0.25) is 0 Å². The third kappa shape index (κ3) is 17.5. The highest BCUT2D eigenvalue weighted by atomic mass is 14.9. The summed E-state index contributed by atoms with van der Waals surface area (Å²) in [6.07, 6.45) is 30.8. The Hall–Kier alpha value is -0.260. The summed E-state index contributed by atoms with van der Waals surface area (Å²) < 4.78 is 0. The Labute approximate surface area is 519 Å². The van der Waals surface area contributed by atoms with Crippen LogP contribution in [0.3, 0.4) is 0 Å². The fourth-order valence-electron chi connectivity index (χ4n) is 18.4. The molecule has 9 fully saturated rings. The molecule has 0 aromatic carbocycles. The Morgan fingerprint density at radius 2 is 0.506 bits per heavy atom. The molecule has 0 unspecified atom stereocenters. The van der Waals surface area contributed by atoms with Gasteiger partial charge in [0.05, 0.1) is 0 Å². The van der Waals surface area contributed by atoms with Gasteiger partial charge in [0, 0.05) is 0 Å². The zero-order chi connectivity index (χ0) is 61.0. The Morgan fingerprint density at radius 3 is 0.654 bits per heavy atom. The molecule has 9 saturated carbocycles. The lowest BCUT2D eigenvalue weighted by Gasteiger charge is -2.67. The van der Waals surface area contributed by atoms with Crippen molar-refractivity contribution in [3.05, 3.63) is 12.2 Å². The summed E-state index contributed by atoms with van der Waals surface area (Å²) in [5.74, 6) is 4.46. The summed E-state index contributed by atoms with van der Waals surface area (Å²) in [6.45, 7) is 86.3. The fraction of sp³-hybridized carbons (Fsp3) is 0.975. The maximum absolute atomic E-state index is 2.58. The molecule has 490 valence electrons. The van der Waals surface area contributed by atoms with Gasteiger partial charge >= 0.3 is 0 Å². The van der Waals surface area contributed by atoms with Crippen molar-refractivity contribution in [2.24, 2.45) is 116 Å². The minimum Gasteiger partial charge on any atom is -0.0880 e. The first-order valence-corrected chi connectivity index (χ1v) is 33.4. The van der Waals surface area contributed by atoms with Crippen LogP contribution in [0.2, 0.25) is 0 Å². The van der Waals surface area contributed by atoms with Crippen LogP contribution in [0.15, 0.2) is 12.2 Å². The highest BCUT2D eigenvalue weighted by molar-refractivity contribution is 5.36. The first kappa shape index (κ1) is 84.9. The van der Waals surface area contributed by atoms with Gasteiger partial charge in [-0.1, -0.05) is 317 Å². The van der Waals surface area contributed by atoms with Gasteiger partial charge < -0.3 is 0 Å². The van der Waals surface area contributed by atoms with Gasteiger partial charge in [-0.25, -0.2) is 0 Å². The molecule has 0 heterocycles. The van der Waals surface area contributed by atoms with E-state index in [1.165, 1.54) is 83.5 Å². The minimum atomic E-state index is 0. The Balaban J connectivity index is -0.000000882. The van der Waals surface area contributed by atoms with Crippen molar-refractivity contribution >= 4 is 0 Å². The molecule has 0 radical (unpaired) electrons. The van der Waals surface area contributed by atoms with Crippen molar-refractivity contribution in [2.45, 2.75) is 395 Å². The summed E-state index contributed by atoms with van der Waals surface area (Å²) in [5, 5.41) is 0. The van der Waals surface area contributed by atoms with E-state index < -0.39 is 0 Å². The topological polar surface area (TPSA) is 0 Å². The van der Waals surface area contributed by atoms with Crippen molar-refractivity contribution in [3.8, 4) is 0 Å².